The molecule has 0 fully saturated rings. The lowest BCUT2D eigenvalue weighted by molar-refractivity contribution is -0.113. The van der Waals surface area contributed by atoms with E-state index in [0.29, 0.717) is 27.7 Å². The summed E-state index contributed by atoms with van der Waals surface area (Å²) in [6.07, 6.45) is 1.66. The van der Waals surface area contributed by atoms with Crippen LogP contribution in [-0.2, 0) is 4.79 Å². The third-order valence-electron chi connectivity index (χ3n) is 3.38. The molecule has 5 nitrogen and oxygen atoms in total. The van der Waals surface area contributed by atoms with Crippen molar-refractivity contribution in [2.24, 2.45) is 0 Å². The van der Waals surface area contributed by atoms with E-state index < -0.39 is 0 Å². The summed E-state index contributed by atoms with van der Waals surface area (Å²) in [6, 6.07) is 16.5. The molecule has 26 heavy (non-hydrogen) atoms. The molecule has 1 aromatic carbocycles. The van der Waals surface area contributed by atoms with E-state index in [1.54, 1.807) is 18.3 Å². The Balaban J connectivity index is 1.71. The fourth-order valence-electron chi connectivity index (χ4n) is 2.16. The summed E-state index contributed by atoms with van der Waals surface area (Å²) < 4.78 is 12.9. The molecule has 0 spiro atoms. The molecule has 3 aromatic rings. The number of halogens is 1. The molecule has 0 radical (unpaired) electrons. The van der Waals surface area contributed by atoms with Crippen LogP contribution in [0.3, 0.4) is 0 Å². The Morgan fingerprint density at radius 1 is 1.12 bits per heavy atom. The van der Waals surface area contributed by atoms with E-state index in [0.717, 1.165) is 11.8 Å². The molecule has 0 aliphatic carbocycles. The first-order valence-electron chi connectivity index (χ1n) is 7.66. The van der Waals surface area contributed by atoms with E-state index >= 15 is 0 Å². The van der Waals surface area contributed by atoms with Gasteiger partial charge in [-0.3, -0.25) is 9.78 Å². The molecule has 128 valence electrons. The largest absolute Gasteiger partial charge is 0.325 e. The van der Waals surface area contributed by atoms with E-state index in [1.165, 1.54) is 24.3 Å². The van der Waals surface area contributed by atoms with Gasteiger partial charge in [-0.2, -0.15) is 5.26 Å². The van der Waals surface area contributed by atoms with Crippen LogP contribution in [0.1, 0.15) is 5.56 Å². The molecule has 0 bridgehead atoms. The average Bonchev–Trinajstić information content (AvgIpc) is 2.68. The highest BCUT2D eigenvalue weighted by Crippen LogP contribution is 2.24. The second-order valence-corrected chi connectivity index (χ2v) is 6.18. The van der Waals surface area contributed by atoms with Crippen molar-refractivity contribution in [1.82, 2.24) is 9.97 Å². The molecule has 2 aromatic heterocycles. The standard InChI is InChI=1S/C19H13FN4OS/c20-14-5-7-15(8-6-14)23-18(25)12-26-19-13(11-21)4-9-17(24-19)16-3-1-2-10-22-16/h1-10H,12H2,(H,23,25). The number of nitrogens with zero attached hydrogens (tertiary/aromatic N) is 3. The van der Waals surface area contributed by atoms with Crippen molar-refractivity contribution in [3.63, 3.8) is 0 Å². The Morgan fingerprint density at radius 2 is 1.92 bits per heavy atom. The summed E-state index contributed by atoms with van der Waals surface area (Å²) in [5.74, 6) is -0.563. The smallest absolute Gasteiger partial charge is 0.234 e. The first-order chi connectivity index (χ1) is 12.7. The van der Waals surface area contributed by atoms with E-state index in [1.807, 2.05) is 18.2 Å². The number of carbonyl (C=O) groups excluding carboxylic acids is 1. The third-order valence-corrected chi connectivity index (χ3v) is 4.37. The van der Waals surface area contributed by atoms with Crippen molar-refractivity contribution < 1.29 is 9.18 Å². The summed E-state index contributed by atoms with van der Waals surface area (Å²) in [7, 11) is 0. The van der Waals surface area contributed by atoms with Crippen molar-refractivity contribution in [3.05, 3.63) is 72.2 Å². The number of pyridine rings is 2. The van der Waals surface area contributed by atoms with Crippen LogP contribution in [0.5, 0.6) is 0 Å². The van der Waals surface area contributed by atoms with Gasteiger partial charge in [0, 0.05) is 11.9 Å². The van der Waals surface area contributed by atoms with Crippen molar-refractivity contribution in [2.75, 3.05) is 11.1 Å². The Labute approximate surface area is 153 Å². The summed E-state index contributed by atoms with van der Waals surface area (Å²) in [4.78, 5) is 20.8. The highest BCUT2D eigenvalue weighted by atomic mass is 32.2. The Kier molecular flexibility index (Phi) is 5.56. The number of rotatable bonds is 5. The maximum Gasteiger partial charge on any atom is 0.234 e. The van der Waals surface area contributed by atoms with Gasteiger partial charge in [-0.05, 0) is 48.5 Å². The highest BCUT2D eigenvalue weighted by molar-refractivity contribution is 8.00. The maximum absolute atomic E-state index is 12.9. The molecule has 0 unspecified atom stereocenters. The summed E-state index contributed by atoms with van der Waals surface area (Å²) >= 11 is 1.16. The predicted molar refractivity (Wildman–Crippen MR) is 97.9 cm³/mol. The van der Waals surface area contributed by atoms with Crippen LogP contribution < -0.4 is 5.32 Å². The minimum absolute atomic E-state index is 0.0741. The second kappa shape index (κ2) is 8.23. The van der Waals surface area contributed by atoms with Crippen LogP contribution in [0, 0.1) is 17.1 Å². The molecule has 0 saturated carbocycles. The number of hydrogen-bond donors (Lipinski definition) is 1. The van der Waals surface area contributed by atoms with Crippen molar-refractivity contribution in [2.45, 2.75) is 5.03 Å². The topological polar surface area (TPSA) is 78.7 Å². The summed E-state index contributed by atoms with van der Waals surface area (Å²) in [6.45, 7) is 0. The number of nitrogens with one attached hydrogen (secondary N) is 1. The van der Waals surface area contributed by atoms with Gasteiger partial charge in [0.2, 0.25) is 5.91 Å². The van der Waals surface area contributed by atoms with Crippen molar-refractivity contribution in [1.29, 1.82) is 5.26 Å². The molecule has 0 saturated heterocycles. The van der Waals surface area contributed by atoms with Gasteiger partial charge in [-0.25, -0.2) is 9.37 Å². The Bertz CT molecular complexity index is 956. The number of amides is 1. The zero-order chi connectivity index (χ0) is 18.4. The molecular formula is C19H13FN4OS. The predicted octanol–water partition coefficient (Wildman–Crippen LogP) is 3.89. The fourth-order valence-corrected chi connectivity index (χ4v) is 2.93. The molecular weight excluding hydrogens is 351 g/mol. The van der Waals surface area contributed by atoms with Crippen LogP contribution in [-0.4, -0.2) is 21.6 Å². The lowest BCUT2D eigenvalue weighted by atomic mass is 10.2. The number of aromatic nitrogens is 2. The molecule has 7 heteroatoms. The third kappa shape index (κ3) is 4.43. The number of anilines is 1. The van der Waals surface area contributed by atoms with Crippen molar-refractivity contribution >= 4 is 23.4 Å². The molecule has 2 heterocycles. The van der Waals surface area contributed by atoms with Gasteiger partial charge >= 0.3 is 0 Å². The van der Waals surface area contributed by atoms with E-state index in [2.05, 4.69) is 21.4 Å². The van der Waals surface area contributed by atoms with Crippen molar-refractivity contribution in [3.8, 4) is 17.5 Å². The quantitative estimate of drug-likeness (QED) is 0.695. The second-order valence-electron chi connectivity index (χ2n) is 5.22. The van der Waals surface area contributed by atoms with E-state index in [4.69, 9.17) is 0 Å². The number of thioether (sulfide) groups is 1. The van der Waals surface area contributed by atoms with Gasteiger partial charge < -0.3 is 5.32 Å². The van der Waals surface area contributed by atoms with Crippen LogP contribution in [0.15, 0.2) is 65.8 Å². The number of benzene rings is 1. The van der Waals surface area contributed by atoms with Gasteiger partial charge in [0.25, 0.3) is 0 Å². The monoisotopic (exact) mass is 364 g/mol. The average molecular weight is 364 g/mol. The van der Waals surface area contributed by atoms with Crippen LogP contribution >= 0.6 is 11.8 Å². The van der Waals surface area contributed by atoms with Crippen LogP contribution in [0.2, 0.25) is 0 Å². The molecule has 1 amide bonds. The van der Waals surface area contributed by atoms with Gasteiger partial charge in [0.05, 0.1) is 22.7 Å². The lowest BCUT2D eigenvalue weighted by Gasteiger charge is -2.07. The summed E-state index contributed by atoms with van der Waals surface area (Å²) in [5, 5.41) is 12.4. The zero-order valence-corrected chi connectivity index (χ0v) is 14.3. The zero-order valence-electron chi connectivity index (χ0n) is 13.5. The first-order valence-corrected chi connectivity index (χ1v) is 8.65. The Morgan fingerprint density at radius 3 is 2.62 bits per heavy atom. The number of carbonyl (C=O) groups is 1. The lowest BCUT2D eigenvalue weighted by Crippen LogP contribution is -2.14. The number of hydrogen-bond acceptors (Lipinski definition) is 5. The minimum atomic E-state index is -0.369. The first kappa shape index (κ1) is 17.6. The maximum atomic E-state index is 12.9. The van der Waals surface area contributed by atoms with Gasteiger partial charge in [-0.1, -0.05) is 17.8 Å². The van der Waals surface area contributed by atoms with E-state index in [9.17, 15) is 14.4 Å². The molecule has 0 aliphatic heterocycles. The van der Waals surface area contributed by atoms with Gasteiger partial charge in [0.15, 0.2) is 0 Å². The fraction of sp³-hybridized carbons (Fsp3) is 0.0526. The molecule has 3 rings (SSSR count). The molecule has 0 atom stereocenters. The minimum Gasteiger partial charge on any atom is -0.325 e. The van der Waals surface area contributed by atoms with Gasteiger partial charge in [-0.15, -0.1) is 0 Å². The normalized spacial score (nSPS) is 10.2. The SMILES string of the molecule is N#Cc1ccc(-c2ccccn2)nc1SCC(=O)Nc1ccc(F)cc1. The summed E-state index contributed by atoms with van der Waals surface area (Å²) in [5.41, 5.74) is 2.22. The molecule has 0 aliphatic rings. The van der Waals surface area contributed by atoms with E-state index in [-0.39, 0.29) is 17.5 Å². The Hall–Kier alpha value is -3.24. The van der Waals surface area contributed by atoms with Crippen LogP contribution in [0.4, 0.5) is 10.1 Å². The molecule has 1 N–H and O–H groups in total. The number of nitriles is 1. The van der Waals surface area contributed by atoms with Gasteiger partial charge in [0.1, 0.15) is 16.9 Å². The highest BCUT2D eigenvalue weighted by Gasteiger charge is 2.11. The van der Waals surface area contributed by atoms with Crippen LogP contribution in [0.25, 0.3) is 11.4 Å².